The van der Waals surface area contributed by atoms with E-state index in [1.54, 1.807) is 6.08 Å². The highest BCUT2D eigenvalue weighted by atomic mass is 16.6. The van der Waals surface area contributed by atoms with Crippen molar-refractivity contribution in [1.82, 2.24) is 15.3 Å². The molecule has 142 valence electrons. The maximum absolute atomic E-state index is 12.6. The number of Topliss-reactive ketones (excluding diaryl/α,β-unsaturated/α-hetero) is 2. The van der Waals surface area contributed by atoms with E-state index in [1.165, 1.54) is 0 Å². The Labute approximate surface area is 155 Å². The van der Waals surface area contributed by atoms with Crippen molar-refractivity contribution in [3.05, 3.63) is 41.4 Å². The van der Waals surface area contributed by atoms with Gasteiger partial charge < -0.3 is 0 Å². The summed E-state index contributed by atoms with van der Waals surface area (Å²) in [7, 11) is 0. The van der Waals surface area contributed by atoms with Crippen LogP contribution in [0.2, 0.25) is 0 Å². The molecule has 0 spiro atoms. The van der Waals surface area contributed by atoms with Crippen molar-refractivity contribution < 1.29 is 14.4 Å². The fraction of sp³-hybridized carbons (Fsp3) is 0.550. The number of nitrogens with one attached hydrogen (secondary N) is 1. The summed E-state index contributed by atoms with van der Waals surface area (Å²) in [5, 5.41) is 4.44. The van der Waals surface area contributed by atoms with E-state index in [0.717, 1.165) is 30.8 Å². The monoisotopic (exact) mass is 359 g/mol. The van der Waals surface area contributed by atoms with Gasteiger partial charge in [0.05, 0.1) is 23.6 Å². The normalized spacial score (nSPS) is 17.5. The molecule has 1 N–H and O–H groups in total. The van der Waals surface area contributed by atoms with Crippen LogP contribution in [0.3, 0.4) is 0 Å². The van der Waals surface area contributed by atoms with Crippen molar-refractivity contribution >= 4 is 11.6 Å². The zero-order chi connectivity index (χ0) is 19.1. The molecule has 1 fully saturated rings. The minimum Gasteiger partial charge on any atom is -0.294 e. The first-order valence-corrected chi connectivity index (χ1v) is 9.25. The molecular weight excluding hydrogens is 330 g/mol. The minimum atomic E-state index is -0.0854. The van der Waals surface area contributed by atoms with E-state index in [2.05, 4.69) is 17.2 Å². The van der Waals surface area contributed by atoms with Gasteiger partial charge in [0.1, 0.15) is 0 Å². The van der Waals surface area contributed by atoms with Gasteiger partial charge in [0.25, 0.3) is 0 Å². The first kappa shape index (κ1) is 20.1. The van der Waals surface area contributed by atoms with E-state index in [1.807, 2.05) is 31.5 Å². The number of hydrogen-bond acceptors (Lipinski definition) is 5. The van der Waals surface area contributed by atoms with Gasteiger partial charge in [0, 0.05) is 25.1 Å². The van der Waals surface area contributed by atoms with Gasteiger partial charge in [-0.25, -0.2) is 0 Å². The summed E-state index contributed by atoms with van der Waals surface area (Å²) in [6.45, 7) is 10.6. The fourth-order valence-corrected chi connectivity index (χ4v) is 3.37. The molecule has 1 saturated carbocycles. The average molecular weight is 359 g/mol. The smallest absolute Gasteiger partial charge is 0.168 e. The molecular formula is C20H29N3O3. The Morgan fingerprint density at radius 3 is 2.62 bits per heavy atom. The van der Waals surface area contributed by atoms with Gasteiger partial charge in [0.15, 0.2) is 11.6 Å². The third kappa shape index (κ3) is 5.14. The number of rotatable bonds is 9. The molecule has 1 heterocycles. The number of allylic oxidation sites excluding steroid dienone is 2. The van der Waals surface area contributed by atoms with E-state index in [9.17, 15) is 9.59 Å². The summed E-state index contributed by atoms with van der Waals surface area (Å²) >= 11 is 0. The quantitative estimate of drug-likeness (QED) is 0.241. The molecule has 1 aromatic heterocycles. The van der Waals surface area contributed by atoms with Crippen LogP contribution in [0, 0.1) is 19.8 Å². The van der Waals surface area contributed by atoms with Crippen LogP contribution in [0.4, 0.5) is 0 Å². The van der Waals surface area contributed by atoms with Crippen molar-refractivity contribution in [3.8, 4) is 0 Å². The van der Waals surface area contributed by atoms with Crippen LogP contribution in [-0.4, -0.2) is 28.0 Å². The summed E-state index contributed by atoms with van der Waals surface area (Å²) in [6, 6.07) is 2.03. The van der Waals surface area contributed by atoms with Gasteiger partial charge in [-0.1, -0.05) is 19.4 Å². The molecule has 6 nitrogen and oxygen atoms in total. The first-order valence-electron chi connectivity index (χ1n) is 9.25. The van der Waals surface area contributed by atoms with E-state index in [0.29, 0.717) is 37.1 Å². The highest BCUT2D eigenvalue weighted by Crippen LogP contribution is 2.28. The maximum Gasteiger partial charge on any atom is 0.168 e. The predicted molar refractivity (Wildman–Crippen MR) is 100 cm³/mol. The van der Waals surface area contributed by atoms with Gasteiger partial charge >= 0.3 is 0 Å². The predicted octanol–water partition coefficient (Wildman–Crippen LogP) is 3.20. The van der Waals surface area contributed by atoms with Crippen LogP contribution >= 0.6 is 0 Å². The van der Waals surface area contributed by atoms with E-state index in [4.69, 9.17) is 4.84 Å². The number of carbonyl (C=O) groups excluding carboxylic acids is 2. The van der Waals surface area contributed by atoms with Gasteiger partial charge in [-0.3, -0.25) is 24.6 Å². The molecule has 26 heavy (non-hydrogen) atoms. The first-order chi connectivity index (χ1) is 12.5. The summed E-state index contributed by atoms with van der Waals surface area (Å²) in [6.07, 6.45) is 4.62. The molecule has 0 aliphatic heterocycles. The highest BCUT2D eigenvalue weighted by Gasteiger charge is 2.32. The second kappa shape index (κ2) is 9.48. The third-order valence-corrected chi connectivity index (χ3v) is 4.56. The average Bonchev–Trinajstić information content (AvgIpc) is 2.90. The van der Waals surface area contributed by atoms with E-state index in [-0.39, 0.29) is 17.5 Å². The number of nitrogens with zero attached hydrogens (tertiary/aromatic N) is 2. The second-order valence-electron chi connectivity index (χ2n) is 6.86. The van der Waals surface area contributed by atoms with Gasteiger partial charge in [-0.15, -0.1) is 6.58 Å². The van der Waals surface area contributed by atoms with Crippen molar-refractivity contribution in [2.45, 2.75) is 59.4 Å². The van der Waals surface area contributed by atoms with Crippen molar-refractivity contribution in [1.29, 1.82) is 0 Å². The Morgan fingerprint density at radius 2 is 2.08 bits per heavy atom. The second-order valence-corrected chi connectivity index (χ2v) is 6.86. The summed E-state index contributed by atoms with van der Waals surface area (Å²) in [5.74, 6) is -0.102. The maximum atomic E-state index is 12.6. The molecule has 0 radical (unpaired) electrons. The van der Waals surface area contributed by atoms with Gasteiger partial charge in [0.2, 0.25) is 0 Å². The number of hydrogen-bond donors (Lipinski definition) is 1. The lowest BCUT2D eigenvalue weighted by Crippen LogP contribution is -2.31. The number of carbonyl (C=O) groups is 2. The lowest BCUT2D eigenvalue weighted by Gasteiger charge is -2.24. The Hall–Kier alpha value is -2.21. The molecule has 0 aromatic carbocycles. The van der Waals surface area contributed by atoms with E-state index >= 15 is 0 Å². The summed E-state index contributed by atoms with van der Waals surface area (Å²) in [5.41, 5.74) is 5.76. The zero-order valence-corrected chi connectivity index (χ0v) is 16.0. The molecule has 0 unspecified atom stereocenters. The standard InChI is InChI=1S/C20H29N3O3/c1-5-7-17(22-26-10-6-2)20-18(24)12-16(13-19(20)25)8-9-23-15(4)11-14(3)21-23/h6,11,16,22H,2,5,7-10,12-13H2,1,3-4H3. The molecule has 6 heteroatoms. The molecule has 1 aliphatic carbocycles. The molecule has 2 rings (SSSR count). The van der Waals surface area contributed by atoms with Crippen molar-refractivity contribution in [2.24, 2.45) is 5.92 Å². The Balaban J connectivity index is 2.03. The molecule has 0 atom stereocenters. The summed E-state index contributed by atoms with van der Waals surface area (Å²) in [4.78, 5) is 30.5. The minimum absolute atomic E-state index is 0.0691. The molecule has 0 bridgehead atoms. The lowest BCUT2D eigenvalue weighted by atomic mass is 9.81. The number of aromatic nitrogens is 2. The Bertz CT molecular complexity index is 683. The van der Waals surface area contributed by atoms with Crippen molar-refractivity contribution in [3.63, 3.8) is 0 Å². The molecule has 0 amide bonds. The number of ketones is 2. The number of aryl methyl sites for hydroxylation is 3. The molecule has 1 aliphatic rings. The van der Waals surface area contributed by atoms with Crippen LogP contribution in [0.15, 0.2) is 30.0 Å². The Morgan fingerprint density at radius 1 is 1.38 bits per heavy atom. The van der Waals surface area contributed by atoms with Crippen LogP contribution in [0.5, 0.6) is 0 Å². The molecule has 0 saturated heterocycles. The number of hydroxylamine groups is 1. The van der Waals surface area contributed by atoms with Crippen LogP contribution in [-0.2, 0) is 21.0 Å². The Kier molecular flexibility index (Phi) is 7.33. The SMILES string of the molecule is C=CCONC(CCC)=C1C(=O)CC(CCn2nc(C)cc2C)CC1=O. The topological polar surface area (TPSA) is 73.2 Å². The fourth-order valence-electron chi connectivity index (χ4n) is 3.37. The van der Waals surface area contributed by atoms with Gasteiger partial charge in [-0.2, -0.15) is 5.10 Å². The van der Waals surface area contributed by atoms with Crippen molar-refractivity contribution in [2.75, 3.05) is 6.61 Å². The molecule has 1 aromatic rings. The zero-order valence-electron chi connectivity index (χ0n) is 16.0. The summed E-state index contributed by atoms with van der Waals surface area (Å²) < 4.78 is 1.95. The van der Waals surface area contributed by atoms with Crippen LogP contribution in [0.1, 0.15) is 50.4 Å². The van der Waals surface area contributed by atoms with Crippen LogP contribution in [0.25, 0.3) is 0 Å². The van der Waals surface area contributed by atoms with Gasteiger partial charge in [-0.05, 0) is 38.7 Å². The third-order valence-electron chi connectivity index (χ3n) is 4.56. The highest BCUT2D eigenvalue weighted by molar-refractivity contribution is 6.22. The van der Waals surface area contributed by atoms with E-state index < -0.39 is 0 Å². The van der Waals surface area contributed by atoms with Crippen LogP contribution < -0.4 is 5.48 Å². The largest absolute Gasteiger partial charge is 0.294 e. The lowest BCUT2D eigenvalue weighted by molar-refractivity contribution is -0.125.